The zero-order valence-corrected chi connectivity index (χ0v) is 14.9. The first-order valence-corrected chi connectivity index (χ1v) is 8.12. The molecule has 0 saturated carbocycles. The van der Waals surface area contributed by atoms with Crippen LogP contribution in [0.25, 0.3) is 11.3 Å². The van der Waals surface area contributed by atoms with Crippen LogP contribution in [0.4, 0.5) is 5.69 Å². The number of anilines is 1. The molecule has 1 aromatic carbocycles. The number of furan rings is 1. The van der Waals surface area contributed by atoms with Gasteiger partial charge in [-0.3, -0.25) is 4.98 Å². The smallest absolute Gasteiger partial charge is 0.373 e. The third-order valence-electron chi connectivity index (χ3n) is 4.04. The number of pyridine rings is 1. The Morgan fingerprint density at radius 2 is 1.92 bits per heavy atom. The molecule has 0 fully saturated rings. The third kappa shape index (κ3) is 3.85. The van der Waals surface area contributed by atoms with Crippen LogP contribution in [0.2, 0.25) is 0 Å². The van der Waals surface area contributed by atoms with Crippen molar-refractivity contribution < 1.29 is 18.7 Å². The molecule has 0 amide bonds. The first-order valence-electron chi connectivity index (χ1n) is 8.12. The number of nitrogens with zero attached hydrogens (tertiary/aromatic N) is 1. The van der Waals surface area contributed by atoms with Gasteiger partial charge in [0.1, 0.15) is 11.5 Å². The van der Waals surface area contributed by atoms with E-state index in [0.717, 1.165) is 28.3 Å². The zero-order valence-electron chi connectivity index (χ0n) is 14.9. The summed E-state index contributed by atoms with van der Waals surface area (Å²) in [4.78, 5) is 15.9. The van der Waals surface area contributed by atoms with E-state index in [-0.39, 0.29) is 5.76 Å². The number of rotatable bonds is 6. The van der Waals surface area contributed by atoms with Crippen molar-refractivity contribution in [1.82, 2.24) is 4.98 Å². The van der Waals surface area contributed by atoms with Crippen molar-refractivity contribution in [3.63, 3.8) is 0 Å². The minimum atomic E-state index is -0.476. The number of carbonyl (C=O) groups excluding carboxylic acids is 1. The van der Waals surface area contributed by atoms with Crippen LogP contribution in [0.3, 0.4) is 0 Å². The monoisotopic (exact) mass is 352 g/mol. The Bertz CT molecular complexity index is 883. The molecule has 0 aliphatic carbocycles. The van der Waals surface area contributed by atoms with Crippen LogP contribution in [0.5, 0.6) is 5.75 Å². The lowest BCUT2D eigenvalue weighted by Gasteiger charge is -2.07. The van der Waals surface area contributed by atoms with E-state index in [9.17, 15) is 4.79 Å². The number of aryl methyl sites for hydroxylation is 1. The molecular formula is C20H20N2O4. The highest BCUT2D eigenvalue weighted by Crippen LogP contribution is 2.22. The molecule has 1 N–H and O–H groups in total. The number of aromatic nitrogens is 1. The number of carbonyl (C=O) groups is 1. The van der Waals surface area contributed by atoms with E-state index in [4.69, 9.17) is 9.15 Å². The Balaban J connectivity index is 1.66. The van der Waals surface area contributed by atoms with Crippen LogP contribution in [0.15, 0.2) is 53.1 Å². The summed E-state index contributed by atoms with van der Waals surface area (Å²) in [7, 11) is 2.95. The highest BCUT2D eigenvalue weighted by molar-refractivity contribution is 5.86. The molecule has 0 aliphatic rings. The van der Waals surface area contributed by atoms with Gasteiger partial charge in [0, 0.05) is 23.4 Å². The quantitative estimate of drug-likeness (QED) is 0.675. The lowest BCUT2D eigenvalue weighted by molar-refractivity contribution is 0.0563. The Hall–Kier alpha value is -3.28. The maximum atomic E-state index is 11.5. The fourth-order valence-corrected chi connectivity index (χ4v) is 2.52. The largest absolute Gasteiger partial charge is 0.495 e. The molecule has 0 spiro atoms. The number of nitrogens with one attached hydrogen (secondary N) is 1. The Labute approximate surface area is 151 Å². The standard InChI is InChI=1S/C20H20N2O4/c1-13-15(10-19(26-13)20(23)25-3)11-21-16-6-4-14(5-7-16)18-9-8-17(24-2)12-22-18/h4-10,12,21H,11H2,1-3H3. The number of ether oxygens (including phenoxy) is 2. The van der Waals surface area contributed by atoms with E-state index in [1.54, 1.807) is 19.4 Å². The summed E-state index contributed by atoms with van der Waals surface area (Å²) in [6.07, 6.45) is 1.70. The molecule has 0 saturated heterocycles. The van der Waals surface area contributed by atoms with Gasteiger partial charge >= 0.3 is 5.97 Å². The van der Waals surface area contributed by atoms with Gasteiger partial charge in [-0.2, -0.15) is 0 Å². The molecule has 0 aliphatic heterocycles. The molecule has 2 heterocycles. The van der Waals surface area contributed by atoms with Crippen LogP contribution in [0, 0.1) is 6.92 Å². The van der Waals surface area contributed by atoms with Gasteiger partial charge in [-0.15, -0.1) is 0 Å². The van der Waals surface area contributed by atoms with Crippen molar-refractivity contribution in [1.29, 1.82) is 0 Å². The molecule has 0 radical (unpaired) electrons. The topological polar surface area (TPSA) is 73.6 Å². The van der Waals surface area contributed by atoms with Crippen LogP contribution in [-0.4, -0.2) is 25.2 Å². The second kappa shape index (κ2) is 7.74. The van der Waals surface area contributed by atoms with Gasteiger partial charge in [0.2, 0.25) is 5.76 Å². The van der Waals surface area contributed by atoms with Crippen molar-refractivity contribution in [2.24, 2.45) is 0 Å². The van der Waals surface area contributed by atoms with Gasteiger partial charge in [-0.05, 0) is 37.3 Å². The summed E-state index contributed by atoms with van der Waals surface area (Å²) in [6.45, 7) is 2.37. The average Bonchev–Trinajstić information content (AvgIpc) is 3.07. The summed E-state index contributed by atoms with van der Waals surface area (Å²) in [6, 6.07) is 13.5. The molecule has 2 aromatic heterocycles. The van der Waals surface area contributed by atoms with Crippen molar-refractivity contribution in [2.75, 3.05) is 19.5 Å². The molecule has 0 bridgehead atoms. The molecule has 0 unspecified atom stereocenters. The number of benzene rings is 1. The van der Waals surface area contributed by atoms with Gasteiger partial charge in [0.05, 0.1) is 26.1 Å². The predicted molar refractivity (Wildman–Crippen MR) is 98.3 cm³/mol. The van der Waals surface area contributed by atoms with Crippen molar-refractivity contribution >= 4 is 11.7 Å². The summed E-state index contributed by atoms with van der Waals surface area (Å²) in [5.74, 6) is 1.16. The van der Waals surface area contributed by atoms with Crippen molar-refractivity contribution in [3.8, 4) is 17.0 Å². The van der Waals surface area contributed by atoms with Gasteiger partial charge in [0.25, 0.3) is 0 Å². The fourth-order valence-electron chi connectivity index (χ4n) is 2.52. The minimum Gasteiger partial charge on any atom is -0.495 e. The summed E-state index contributed by atoms with van der Waals surface area (Å²) in [5, 5.41) is 3.32. The van der Waals surface area contributed by atoms with Gasteiger partial charge in [0.15, 0.2) is 0 Å². The Kier molecular flexibility index (Phi) is 5.22. The Morgan fingerprint density at radius 3 is 2.54 bits per heavy atom. The lowest BCUT2D eigenvalue weighted by atomic mass is 10.1. The van der Waals surface area contributed by atoms with Crippen LogP contribution in [-0.2, 0) is 11.3 Å². The minimum absolute atomic E-state index is 0.211. The lowest BCUT2D eigenvalue weighted by Crippen LogP contribution is -2.00. The number of hydrogen-bond acceptors (Lipinski definition) is 6. The van der Waals surface area contributed by atoms with Crippen molar-refractivity contribution in [3.05, 3.63) is 65.7 Å². The SMILES string of the molecule is COC(=O)c1cc(CNc2ccc(-c3ccc(OC)cn3)cc2)c(C)o1. The maximum absolute atomic E-state index is 11.5. The van der Waals surface area contributed by atoms with Gasteiger partial charge in [-0.25, -0.2) is 4.79 Å². The van der Waals surface area contributed by atoms with Gasteiger partial charge in [-0.1, -0.05) is 12.1 Å². The zero-order chi connectivity index (χ0) is 18.5. The molecule has 3 rings (SSSR count). The van der Waals surface area contributed by atoms with E-state index < -0.39 is 5.97 Å². The van der Waals surface area contributed by atoms with Crippen LogP contribution >= 0.6 is 0 Å². The number of hydrogen-bond donors (Lipinski definition) is 1. The van der Waals surface area contributed by atoms with Crippen LogP contribution in [0.1, 0.15) is 21.9 Å². The normalized spacial score (nSPS) is 10.4. The molecule has 134 valence electrons. The summed E-state index contributed by atoms with van der Waals surface area (Å²) in [5.41, 5.74) is 3.77. The maximum Gasteiger partial charge on any atom is 0.373 e. The second-order valence-corrected chi connectivity index (χ2v) is 5.70. The Morgan fingerprint density at radius 1 is 1.15 bits per heavy atom. The molecule has 26 heavy (non-hydrogen) atoms. The number of methoxy groups -OCH3 is 2. The predicted octanol–water partition coefficient (Wildman–Crippen LogP) is 4.06. The number of esters is 1. The molecule has 6 nitrogen and oxygen atoms in total. The van der Waals surface area contributed by atoms with Gasteiger partial charge < -0.3 is 19.2 Å². The fraction of sp³-hybridized carbons (Fsp3) is 0.200. The van der Waals surface area contributed by atoms with E-state index in [0.29, 0.717) is 12.3 Å². The summed E-state index contributed by atoms with van der Waals surface area (Å²) >= 11 is 0. The van der Waals surface area contributed by atoms with E-state index >= 15 is 0 Å². The molecule has 6 heteroatoms. The first-order chi connectivity index (χ1) is 12.6. The van der Waals surface area contributed by atoms with Crippen LogP contribution < -0.4 is 10.1 Å². The van der Waals surface area contributed by atoms with E-state index in [2.05, 4.69) is 15.0 Å². The van der Waals surface area contributed by atoms with E-state index in [1.165, 1.54) is 7.11 Å². The highest BCUT2D eigenvalue weighted by atomic mass is 16.5. The van der Waals surface area contributed by atoms with E-state index in [1.807, 2.05) is 43.3 Å². The molecule has 0 atom stereocenters. The summed E-state index contributed by atoms with van der Waals surface area (Å²) < 4.78 is 15.2. The second-order valence-electron chi connectivity index (χ2n) is 5.70. The highest BCUT2D eigenvalue weighted by Gasteiger charge is 2.14. The third-order valence-corrected chi connectivity index (χ3v) is 4.04. The molecular weight excluding hydrogens is 332 g/mol. The molecule has 3 aromatic rings. The van der Waals surface area contributed by atoms with Crippen molar-refractivity contribution in [2.45, 2.75) is 13.5 Å². The average molecular weight is 352 g/mol. The first kappa shape index (κ1) is 17.5.